The van der Waals surface area contributed by atoms with Gasteiger partial charge in [0.15, 0.2) is 0 Å². The van der Waals surface area contributed by atoms with Crippen molar-refractivity contribution in [3.8, 4) is 0 Å². The Kier molecular flexibility index (Phi) is 5.32. The number of halogens is 1. The minimum Gasteiger partial charge on any atom is -0.382 e. The summed E-state index contributed by atoms with van der Waals surface area (Å²) in [5, 5.41) is 1.41. The van der Waals surface area contributed by atoms with Crippen LogP contribution in [-0.2, 0) is 6.42 Å². The van der Waals surface area contributed by atoms with E-state index in [9.17, 15) is 0 Å². The van der Waals surface area contributed by atoms with Crippen LogP contribution in [0.15, 0.2) is 58.7 Å². The molecule has 0 amide bonds. The van der Waals surface area contributed by atoms with Gasteiger partial charge in [0.25, 0.3) is 0 Å². The summed E-state index contributed by atoms with van der Waals surface area (Å²) in [5.41, 5.74) is 17.8. The molecule has 0 bridgehead atoms. The number of pyridine rings is 2. The Hall–Kier alpha value is -2.28. The first-order valence-electron chi connectivity index (χ1n) is 10.6. The zero-order valence-electron chi connectivity index (χ0n) is 17.5. The number of anilines is 2. The van der Waals surface area contributed by atoms with Gasteiger partial charge in [-0.05, 0) is 60.4 Å². The van der Waals surface area contributed by atoms with E-state index in [2.05, 4.69) is 47.1 Å². The molecular weight excluding hydrogens is 426 g/mol. The van der Waals surface area contributed by atoms with Crippen molar-refractivity contribution in [1.82, 2.24) is 9.97 Å². The van der Waals surface area contributed by atoms with Crippen LogP contribution < -0.4 is 16.4 Å². The molecule has 1 spiro atoms. The molecule has 3 heterocycles. The second-order valence-electron chi connectivity index (χ2n) is 8.63. The van der Waals surface area contributed by atoms with Crippen LogP contribution in [0.5, 0.6) is 0 Å². The van der Waals surface area contributed by atoms with Gasteiger partial charge in [0, 0.05) is 30.2 Å². The molecule has 5 rings (SSSR count). The van der Waals surface area contributed by atoms with Crippen molar-refractivity contribution >= 4 is 34.9 Å². The van der Waals surface area contributed by atoms with Crippen LogP contribution in [0.2, 0.25) is 5.02 Å². The van der Waals surface area contributed by atoms with E-state index in [-0.39, 0.29) is 11.5 Å². The fourth-order valence-electron chi connectivity index (χ4n) is 4.97. The third-order valence-corrected chi connectivity index (χ3v) is 8.51. The molecule has 31 heavy (non-hydrogen) atoms. The minimum atomic E-state index is 0.141. The number of aromatic nitrogens is 2. The highest BCUT2D eigenvalue weighted by molar-refractivity contribution is 7.99. The van der Waals surface area contributed by atoms with Gasteiger partial charge in [-0.15, -0.1) is 0 Å². The Morgan fingerprint density at radius 2 is 1.94 bits per heavy atom. The smallest absolute Gasteiger partial charge is 0.143 e. The maximum absolute atomic E-state index is 6.72. The number of nitrogens with two attached hydrogens (primary N) is 2. The first kappa shape index (κ1) is 20.6. The normalized spacial score (nSPS) is 19.6. The monoisotopic (exact) mass is 451 g/mol. The van der Waals surface area contributed by atoms with Crippen molar-refractivity contribution in [2.24, 2.45) is 11.1 Å². The number of fused-ring (bicyclic) bond motifs is 1. The summed E-state index contributed by atoms with van der Waals surface area (Å²) in [6.07, 6.45) is 6.94. The number of piperidine rings is 1. The molecule has 1 aliphatic heterocycles. The molecule has 1 saturated heterocycles. The Bertz CT molecular complexity index is 1130. The highest BCUT2D eigenvalue weighted by Crippen LogP contribution is 2.51. The quantitative estimate of drug-likeness (QED) is 0.582. The molecule has 1 atom stereocenters. The Morgan fingerprint density at radius 3 is 2.68 bits per heavy atom. The van der Waals surface area contributed by atoms with Crippen molar-refractivity contribution in [1.29, 1.82) is 0 Å². The van der Waals surface area contributed by atoms with E-state index in [4.69, 9.17) is 28.1 Å². The van der Waals surface area contributed by atoms with Crippen LogP contribution in [0.1, 0.15) is 35.6 Å². The number of nitrogens with zero attached hydrogens (tertiary/aromatic N) is 3. The van der Waals surface area contributed by atoms with Crippen LogP contribution in [-0.4, -0.2) is 23.1 Å². The van der Waals surface area contributed by atoms with E-state index in [1.165, 1.54) is 28.6 Å². The molecule has 3 aromatic rings. The summed E-state index contributed by atoms with van der Waals surface area (Å²) >= 11 is 7.82. The highest BCUT2D eigenvalue weighted by Gasteiger charge is 2.45. The van der Waals surface area contributed by atoms with Gasteiger partial charge in [0.1, 0.15) is 10.8 Å². The number of hydrogen-bond acceptors (Lipinski definition) is 6. The van der Waals surface area contributed by atoms with Gasteiger partial charge in [-0.25, -0.2) is 9.97 Å². The first-order chi connectivity index (χ1) is 15.0. The van der Waals surface area contributed by atoms with Gasteiger partial charge in [0.05, 0.1) is 16.9 Å². The van der Waals surface area contributed by atoms with Crippen LogP contribution in [0.3, 0.4) is 0 Å². The molecule has 160 valence electrons. The Labute approximate surface area is 192 Å². The number of hydrogen-bond donors (Lipinski definition) is 2. The Balaban J connectivity index is 1.29. The fraction of sp³-hybridized carbons (Fsp3) is 0.333. The lowest BCUT2D eigenvalue weighted by Gasteiger charge is -2.43. The summed E-state index contributed by atoms with van der Waals surface area (Å²) < 4.78 is 0. The van der Waals surface area contributed by atoms with E-state index in [1.807, 2.05) is 12.3 Å². The number of rotatable bonds is 3. The van der Waals surface area contributed by atoms with Gasteiger partial charge in [-0.3, -0.25) is 0 Å². The summed E-state index contributed by atoms with van der Waals surface area (Å²) in [7, 11) is 0. The van der Waals surface area contributed by atoms with Crippen molar-refractivity contribution in [3.05, 3.63) is 70.5 Å². The predicted molar refractivity (Wildman–Crippen MR) is 128 cm³/mol. The average Bonchev–Trinajstić information content (AvgIpc) is 3.05. The molecule has 1 fully saturated rings. The lowest BCUT2D eigenvalue weighted by Crippen LogP contribution is -2.44. The summed E-state index contributed by atoms with van der Waals surface area (Å²) in [6.45, 7) is 4.09. The molecule has 0 saturated carbocycles. The van der Waals surface area contributed by atoms with E-state index < -0.39 is 0 Å². The molecule has 5 nitrogen and oxygen atoms in total. The maximum atomic E-state index is 6.72. The average molecular weight is 452 g/mol. The molecular formula is C24H26ClN5S. The lowest BCUT2D eigenvalue weighted by atomic mass is 9.73. The molecule has 2 aliphatic rings. The van der Waals surface area contributed by atoms with E-state index in [0.29, 0.717) is 10.8 Å². The maximum Gasteiger partial charge on any atom is 0.143 e. The van der Waals surface area contributed by atoms with Gasteiger partial charge in [-0.1, -0.05) is 47.6 Å². The molecule has 4 N–H and O–H groups in total. The number of benzene rings is 1. The van der Waals surface area contributed by atoms with Crippen LogP contribution in [0.4, 0.5) is 11.5 Å². The van der Waals surface area contributed by atoms with Crippen molar-refractivity contribution in [3.63, 3.8) is 0 Å². The van der Waals surface area contributed by atoms with Gasteiger partial charge >= 0.3 is 0 Å². The topological polar surface area (TPSA) is 81.1 Å². The van der Waals surface area contributed by atoms with Crippen LogP contribution in [0.25, 0.3) is 0 Å². The van der Waals surface area contributed by atoms with Gasteiger partial charge in [0.2, 0.25) is 0 Å². The number of aryl methyl sites for hydroxylation is 1. The lowest BCUT2D eigenvalue weighted by molar-refractivity contribution is 0.187. The Morgan fingerprint density at radius 1 is 1.16 bits per heavy atom. The molecule has 0 unspecified atom stereocenters. The zero-order valence-corrected chi connectivity index (χ0v) is 19.1. The third kappa shape index (κ3) is 3.67. The van der Waals surface area contributed by atoms with Gasteiger partial charge in [-0.2, -0.15) is 0 Å². The van der Waals surface area contributed by atoms with E-state index in [1.54, 1.807) is 6.20 Å². The molecule has 1 aliphatic carbocycles. The second kappa shape index (κ2) is 8.01. The predicted octanol–water partition coefficient (Wildman–Crippen LogP) is 5.01. The standard InChI is InChI=1S/C24H26ClN5S/c1-15-12-17(14-29-23(15)31-19-6-9-28-22(27)20(19)25)30-10-7-24(8-11-30)13-16-4-2-3-5-18(16)21(24)26/h2-6,9,12,14,21H,7-8,10-11,13,26H2,1H3,(H2,27,28)/t21-/m1/s1. The van der Waals surface area contributed by atoms with Gasteiger partial charge < -0.3 is 16.4 Å². The van der Waals surface area contributed by atoms with Crippen molar-refractivity contribution < 1.29 is 0 Å². The second-order valence-corrected chi connectivity index (χ2v) is 10.0. The van der Waals surface area contributed by atoms with E-state index >= 15 is 0 Å². The molecule has 2 aromatic heterocycles. The first-order valence-corrected chi connectivity index (χ1v) is 11.8. The zero-order chi connectivity index (χ0) is 21.6. The van der Waals surface area contributed by atoms with Crippen molar-refractivity contribution in [2.75, 3.05) is 23.7 Å². The van der Waals surface area contributed by atoms with Crippen molar-refractivity contribution in [2.45, 2.75) is 42.1 Å². The third-order valence-electron chi connectivity index (χ3n) is 6.82. The molecule has 0 radical (unpaired) electrons. The largest absolute Gasteiger partial charge is 0.382 e. The minimum absolute atomic E-state index is 0.141. The number of nitrogen functional groups attached to an aromatic ring is 1. The van der Waals surface area contributed by atoms with E-state index in [0.717, 1.165) is 47.8 Å². The summed E-state index contributed by atoms with van der Waals surface area (Å²) in [5.74, 6) is 0.343. The van der Waals surface area contributed by atoms with Crippen LogP contribution in [0, 0.1) is 12.3 Å². The summed E-state index contributed by atoms with van der Waals surface area (Å²) in [4.78, 5) is 12.1. The summed E-state index contributed by atoms with van der Waals surface area (Å²) in [6, 6.07) is 12.9. The molecule has 1 aromatic carbocycles. The SMILES string of the molecule is Cc1cc(N2CCC3(CC2)Cc2ccccc2[C@H]3N)cnc1Sc1ccnc(N)c1Cl. The molecule has 7 heteroatoms. The van der Waals surface area contributed by atoms with Crippen LogP contribution >= 0.6 is 23.4 Å². The fourth-order valence-corrected chi connectivity index (χ4v) is 6.05. The highest BCUT2D eigenvalue weighted by atomic mass is 35.5.